The fraction of sp³-hybridized carbons (Fsp3) is 1.00. The van der Waals surface area contributed by atoms with E-state index in [4.69, 9.17) is 4.43 Å². The number of halogens is 3. The Bertz CT molecular complexity index is 156. The second-order valence-corrected chi connectivity index (χ2v) is 8.58. The van der Waals surface area contributed by atoms with Crippen LogP contribution >= 0.6 is 0 Å². The van der Waals surface area contributed by atoms with Crippen molar-refractivity contribution in [1.29, 1.82) is 0 Å². The summed E-state index contributed by atoms with van der Waals surface area (Å²) in [6.45, 7) is 2.57. The molecule has 0 saturated carbocycles. The molecule has 0 bridgehead atoms. The van der Waals surface area contributed by atoms with Crippen molar-refractivity contribution < 1.29 is 17.6 Å². The fourth-order valence-electron chi connectivity index (χ4n) is 1.83. The highest BCUT2D eigenvalue weighted by molar-refractivity contribution is 6.71. The molecule has 0 aromatic heterocycles. The van der Waals surface area contributed by atoms with Crippen LogP contribution in [0.3, 0.4) is 0 Å². The number of hydrogen-bond acceptors (Lipinski definition) is 1. The van der Waals surface area contributed by atoms with Crippen LogP contribution in [0.2, 0.25) is 19.1 Å². The smallest absolute Gasteiger partial charge is 0.229 e. The Hall–Kier alpha value is -0.0331. The van der Waals surface area contributed by atoms with Gasteiger partial charge in [0, 0.05) is 6.10 Å². The van der Waals surface area contributed by atoms with E-state index in [2.05, 4.69) is 13.1 Å². The molecule has 0 aromatic carbocycles. The maximum Gasteiger partial charge on any atom is 0.229 e. The Balaban J connectivity index is 0.000000583. The summed E-state index contributed by atoms with van der Waals surface area (Å²) in [5, 5.41) is 0. The monoisotopic (exact) mass is 242 g/mol. The van der Waals surface area contributed by atoms with Gasteiger partial charge >= 0.3 is 0 Å². The van der Waals surface area contributed by atoms with Gasteiger partial charge in [-0.25, -0.2) is 8.78 Å². The van der Waals surface area contributed by atoms with E-state index in [1.165, 1.54) is 12.5 Å². The van der Waals surface area contributed by atoms with Gasteiger partial charge in [-0.15, -0.1) is 0 Å². The molecule has 1 saturated heterocycles. The molecule has 1 aliphatic heterocycles. The largest absolute Gasteiger partial charge is 0.414 e. The van der Waals surface area contributed by atoms with Crippen molar-refractivity contribution >= 4 is 8.32 Å². The van der Waals surface area contributed by atoms with Crippen molar-refractivity contribution in [3.8, 4) is 0 Å². The van der Waals surface area contributed by atoms with Gasteiger partial charge in [0.05, 0.1) is 6.67 Å². The summed E-state index contributed by atoms with van der Waals surface area (Å²) in [4.78, 5) is 0. The lowest BCUT2D eigenvalue weighted by Crippen LogP contribution is -2.39. The van der Waals surface area contributed by atoms with Gasteiger partial charge in [-0.1, -0.05) is 6.42 Å². The van der Waals surface area contributed by atoms with Crippen LogP contribution in [0, 0.1) is 0 Å². The Kier molecular flexibility index (Phi) is 8.14. The molecule has 92 valence electrons. The van der Waals surface area contributed by atoms with E-state index in [0.29, 0.717) is 12.5 Å². The van der Waals surface area contributed by atoms with Crippen LogP contribution in [0.4, 0.5) is 13.2 Å². The van der Waals surface area contributed by atoms with Crippen molar-refractivity contribution in [2.75, 3.05) is 13.6 Å². The second-order valence-electron chi connectivity index (χ2n) is 4.32. The second kappa shape index (κ2) is 8.16. The third-order valence-corrected chi connectivity index (χ3v) is 4.98. The first-order valence-electron chi connectivity index (χ1n) is 5.41. The zero-order valence-corrected chi connectivity index (χ0v) is 10.6. The predicted molar refractivity (Wildman–Crippen MR) is 58.7 cm³/mol. The van der Waals surface area contributed by atoms with Crippen molar-refractivity contribution in [3.63, 3.8) is 0 Å². The minimum atomic E-state index is -1.75. The molecule has 0 N–H and O–H groups in total. The first-order chi connectivity index (χ1) is 7.05. The van der Waals surface area contributed by atoms with Gasteiger partial charge in [0.1, 0.15) is 0 Å². The summed E-state index contributed by atoms with van der Waals surface area (Å²) in [6.07, 6.45) is 4.41. The lowest BCUT2D eigenvalue weighted by molar-refractivity contribution is 0.146. The number of alkyl halides is 3. The molecule has 0 amide bonds. The fourth-order valence-corrected chi connectivity index (χ4v) is 4.14. The van der Waals surface area contributed by atoms with Crippen molar-refractivity contribution in [1.82, 2.24) is 0 Å². The first-order valence-corrected chi connectivity index (χ1v) is 8.53. The molecular weight excluding hydrogens is 221 g/mol. The molecule has 1 nitrogen and oxygen atoms in total. The van der Waals surface area contributed by atoms with E-state index in [9.17, 15) is 13.2 Å². The van der Waals surface area contributed by atoms with E-state index in [-0.39, 0.29) is 6.67 Å². The Morgan fingerprint density at radius 1 is 1.27 bits per heavy atom. The third-order valence-electron chi connectivity index (χ3n) is 2.45. The molecule has 1 aliphatic rings. The van der Waals surface area contributed by atoms with E-state index in [1.807, 2.05) is 0 Å². The Morgan fingerprint density at radius 3 is 2.33 bits per heavy atom. The quantitative estimate of drug-likeness (QED) is 0.680. The van der Waals surface area contributed by atoms with Crippen LogP contribution in [0.1, 0.15) is 25.7 Å². The molecule has 0 aliphatic carbocycles. The van der Waals surface area contributed by atoms with Gasteiger partial charge in [-0.05, 0) is 38.4 Å². The summed E-state index contributed by atoms with van der Waals surface area (Å²) in [6, 6.07) is 1.28. The van der Waals surface area contributed by atoms with E-state index in [0.717, 1.165) is 12.8 Å². The molecule has 1 rings (SSSR count). The third kappa shape index (κ3) is 7.85. The van der Waals surface area contributed by atoms with Crippen molar-refractivity contribution in [3.05, 3.63) is 0 Å². The van der Waals surface area contributed by atoms with E-state index in [1.54, 1.807) is 0 Å². The zero-order valence-electron chi connectivity index (χ0n) is 9.57. The maximum absolute atomic E-state index is 11.9. The lowest BCUT2D eigenvalue weighted by atomic mass is 10.1. The molecule has 0 radical (unpaired) electrons. The molecule has 0 spiro atoms. The summed E-state index contributed by atoms with van der Waals surface area (Å²) in [7, 11) is -1.33. The topological polar surface area (TPSA) is 9.23 Å². The van der Waals surface area contributed by atoms with Crippen LogP contribution in [0.15, 0.2) is 0 Å². The molecular formula is C10H21F3OSi. The van der Waals surface area contributed by atoms with Gasteiger partial charge in [0.15, 0.2) is 8.32 Å². The maximum atomic E-state index is 11.9. The van der Waals surface area contributed by atoms with Crippen LogP contribution in [-0.4, -0.2) is 28.0 Å². The van der Waals surface area contributed by atoms with Crippen LogP contribution in [0.5, 0.6) is 0 Å². The van der Waals surface area contributed by atoms with Crippen molar-refractivity contribution in [2.45, 2.75) is 50.9 Å². The SMILES string of the molecule is C[Si]1(C)CCCC(CCCF)O1.FCF. The van der Waals surface area contributed by atoms with E-state index >= 15 is 0 Å². The molecule has 1 unspecified atom stereocenters. The first kappa shape index (κ1) is 15.0. The molecule has 1 atom stereocenters. The lowest BCUT2D eigenvalue weighted by Gasteiger charge is -2.34. The highest BCUT2D eigenvalue weighted by Crippen LogP contribution is 2.27. The number of hydrogen-bond donors (Lipinski definition) is 0. The van der Waals surface area contributed by atoms with Crippen LogP contribution in [-0.2, 0) is 4.43 Å². The highest BCUT2D eigenvalue weighted by Gasteiger charge is 2.30. The van der Waals surface area contributed by atoms with Gasteiger partial charge < -0.3 is 4.43 Å². The van der Waals surface area contributed by atoms with E-state index < -0.39 is 15.2 Å². The van der Waals surface area contributed by atoms with Gasteiger partial charge in [-0.2, -0.15) is 0 Å². The van der Waals surface area contributed by atoms with Gasteiger partial charge in [-0.3, -0.25) is 4.39 Å². The van der Waals surface area contributed by atoms with Gasteiger partial charge in [0.2, 0.25) is 6.93 Å². The van der Waals surface area contributed by atoms with Crippen LogP contribution in [0.25, 0.3) is 0 Å². The summed E-state index contributed by atoms with van der Waals surface area (Å²) in [5.41, 5.74) is 0. The average molecular weight is 242 g/mol. The Morgan fingerprint density at radius 2 is 1.87 bits per heavy atom. The number of rotatable bonds is 3. The minimum Gasteiger partial charge on any atom is -0.414 e. The molecule has 0 aromatic rings. The molecule has 1 heterocycles. The molecule has 1 fully saturated rings. The summed E-state index contributed by atoms with van der Waals surface area (Å²) >= 11 is 0. The van der Waals surface area contributed by atoms with Gasteiger partial charge in [0.25, 0.3) is 0 Å². The summed E-state index contributed by atoms with van der Waals surface area (Å²) < 4.78 is 37.1. The molecule has 15 heavy (non-hydrogen) atoms. The van der Waals surface area contributed by atoms with Crippen LogP contribution < -0.4 is 0 Å². The zero-order chi connectivity index (χ0) is 11.7. The highest BCUT2D eigenvalue weighted by atomic mass is 28.4. The van der Waals surface area contributed by atoms with Crippen molar-refractivity contribution in [2.24, 2.45) is 0 Å². The average Bonchev–Trinajstić information content (AvgIpc) is 2.14. The predicted octanol–water partition coefficient (Wildman–Crippen LogP) is 4.00. The molecule has 5 heteroatoms. The standard InChI is InChI=1S/C9H19FOSi.CH2F2/c1-12(2)8-4-6-9(11-12)5-3-7-10;2-1-3/h9H,3-8H2,1-2H3;1H2. The Labute approximate surface area is 91.1 Å². The minimum absolute atomic E-state index is 0.193. The summed E-state index contributed by atoms with van der Waals surface area (Å²) in [5.74, 6) is 0. The normalized spacial score (nSPS) is 24.2.